The number of fused-ring (bicyclic) bond motifs is 2. The smallest absolute Gasteiger partial charge is 0.0309 e. The van der Waals surface area contributed by atoms with Crippen LogP contribution in [0.5, 0.6) is 0 Å². The summed E-state index contributed by atoms with van der Waals surface area (Å²) >= 11 is 0. The topological polar surface area (TPSA) is 52.0 Å². The van der Waals surface area contributed by atoms with Gasteiger partial charge < -0.3 is 11.5 Å². The van der Waals surface area contributed by atoms with E-state index in [1.165, 1.54) is 25.7 Å². The van der Waals surface area contributed by atoms with Gasteiger partial charge in [-0.1, -0.05) is 6.42 Å². The van der Waals surface area contributed by atoms with E-state index in [1.54, 1.807) is 0 Å². The fraction of sp³-hybridized carbons (Fsp3) is 1.00. The van der Waals surface area contributed by atoms with Gasteiger partial charge in [0.05, 0.1) is 0 Å². The summed E-state index contributed by atoms with van der Waals surface area (Å²) in [5.74, 6) is 1.67. The molecule has 0 aromatic carbocycles. The molecule has 4 N–H and O–H groups in total. The van der Waals surface area contributed by atoms with E-state index in [0.717, 1.165) is 11.8 Å². The first-order valence-electron chi connectivity index (χ1n) is 4.23. The molecule has 2 aliphatic rings. The third-order valence-electron chi connectivity index (χ3n) is 3.40. The van der Waals surface area contributed by atoms with E-state index < -0.39 is 0 Å². The minimum Gasteiger partial charge on any atom is -0.329 e. The molecule has 2 rings (SSSR count). The van der Waals surface area contributed by atoms with E-state index in [1.807, 2.05) is 0 Å². The van der Waals surface area contributed by atoms with Crippen LogP contribution in [-0.2, 0) is 0 Å². The van der Waals surface area contributed by atoms with Gasteiger partial charge in [0.25, 0.3) is 0 Å². The molecule has 2 bridgehead atoms. The van der Waals surface area contributed by atoms with Crippen molar-refractivity contribution in [2.45, 2.75) is 31.2 Å². The van der Waals surface area contributed by atoms with Crippen LogP contribution < -0.4 is 11.5 Å². The quantitative estimate of drug-likeness (QED) is 0.556. The molecule has 1 unspecified atom stereocenters. The molecule has 3 atom stereocenters. The van der Waals surface area contributed by atoms with Gasteiger partial charge >= 0.3 is 0 Å². The Balaban J connectivity index is 2.14. The van der Waals surface area contributed by atoms with Gasteiger partial charge in [0.1, 0.15) is 0 Å². The number of hydrogen-bond acceptors (Lipinski definition) is 2. The zero-order valence-electron chi connectivity index (χ0n) is 6.34. The first-order valence-corrected chi connectivity index (χ1v) is 4.23. The fourth-order valence-electron chi connectivity index (χ4n) is 2.74. The first kappa shape index (κ1) is 6.62. The van der Waals surface area contributed by atoms with Crippen LogP contribution in [0.15, 0.2) is 0 Å². The second kappa shape index (κ2) is 1.95. The molecule has 58 valence electrons. The maximum Gasteiger partial charge on any atom is 0.0309 e. The van der Waals surface area contributed by atoms with Crippen LogP contribution in [0, 0.1) is 11.8 Å². The zero-order valence-corrected chi connectivity index (χ0v) is 6.34. The first-order chi connectivity index (χ1) is 4.74. The predicted molar refractivity (Wildman–Crippen MR) is 41.4 cm³/mol. The Morgan fingerprint density at radius 2 is 2.20 bits per heavy atom. The maximum absolute atomic E-state index is 6.12. The molecular formula is C8H16N2. The van der Waals surface area contributed by atoms with Gasteiger partial charge in [-0.15, -0.1) is 0 Å². The molecule has 0 saturated heterocycles. The maximum atomic E-state index is 6.12. The van der Waals surface area contributed by atoms with Crippen LogP contribution in [0.25, 0.3) is 0 Å². The molecule has 0 spiro atoms. The number of hydrogen-bond donors (Lipinski definition) is 2. The minimum atomic E-state index is 0.0307. The lowest BCUT2D eigenvalue weighted by Crippen LogP contribution is -2.51. The molecule has 0 aromatic heterocycles. The molecule has 0 heterocycles. The van der Waals surface area contributed by atoms with Crippen molar-refractivity contribution in [2.75, 3.05) is 6.54 Å². The molecule has 2 aliphatic carbocycles. The third kappa shape index (κ3) is 0.722. The highest BCUT2D eigenvalue weighted by molar-refractivity contribution is 5.04. The highest BCUT2D eigenvalue weighted by atomic mass is 14.9. The Labute approximate surface area is 62.0 Å². The molecular weight excluding hydrogens is 124 g/mol. The lowest BCUT2D eigenvalue weighted by Gasteiger charge is -2.32. The summed E-state index contributed by atoms with van der Waals surface area (Å²) in [5.41, 5.74) is 11.8. The van der Waals surface area contributed by atoms with Gasteiger partial charge in [0.15, 0.2) is 0 Å². The van der Waals surface area contributed by atoms with Crippen LogP contribution in [0.1, 0.15) is 25.7 Å². The van der Waals surface area contributed by atoms with Gasteiger partial charge in [-0.2, -0.15) is 0 Å². The van der Waals surface area contributed by atoms with Crippen LogP contribution in [0.2, 0.25) is 0 Å². The Hall–Kier alpha value is -0.0800. The Bertz CT molecular complexity index is 146. The van der Waals surface area contributed by atoms with Crippen molar-refractivity contribution < 1.29 is 0 Å². The van der Waals surface area contributed by atoms with Gasteiger partial charge in [-0.3, -0.25) is 0 Å². The van der Waals surface area contributed by atoms with Crippen molar-refractivity contribution in [1.82, 2.24) is 0 Å². The lowest BCUT2D eigenvalue weighted by molar-refractivity contribution is 0.279. The van der Waals surface area contributed by atoms with Crippen molar-refractivity contribution in [1.29, 1.82) is 0 Å². The molecule has 2 saturated carbocycles. The van der Waals surface area contributed by atoms with Crippen molar-refractivity contribution in [3.05, 3.63) is 0 Å². The molecule has 2 nitrogen and oxygen atoms in total. The van der Waals surface area contributed by atoms with E-state index in [-0.39, 0.29) is 5.54 Å². The average molecular weight is 140 g/mol. The third-order valence-corrected chi connectivity index (χ3v) is 3.40. The fourth-order valence-corrected chi connectivity index (χ4v) is 2.74. The van der Waals surface area contributed by atoms with Crippen molar-refractivity contribution in [3.8, 4) is 0 Å². The normalized spacial score (nSPS) is 52.2. The van der Waals surface area contributed by atoms with Crippen molar-refractivity contribution in [3.63, 3.8) is 0 Å². The molecule has 10 heavy (non-hydrogen) atoms. The summed E-state index contributed by atoms with van der Waals surface area (Å²) in [6, 6.07) is 0. The van der Waals surface area contributed by atoms with E-state index in [0.29, 0.717) is 6.54 Å². The van der Waals surface area contributed by atoms with Gasteiger partial charge in [-0.05, 0) is 31.1 Å². The SMILES string of the molecule is NCC1(N)C[C@@H]2CC[C@H]1C2. The molecule has 0 amide bonds. The number of nitrogens with two attached hydrogens (primary N) is 2. The molecule has 0 aromatic rings. The van der Waals surface area contributed by atoms with Crippen molar-refractivity contribution >= 4 is 0 Å². The van der Waals surface area contributed by atoms with Gasteiger partial charge in [-0.25, -0.2) is 0 Å². The van der Waals surface area contributed by atoms with E-state index in [4.69, 9.17) is 11.5 Å². The zero-order chi connectivity index (χ0) is 7.19. The number of rotatable bonds is 1. The van der Waals surface area contributed by atoms with E-state index >= 15 is 0 Å². The average Bonchev–Trinajstić information content (AvgIpc) is 2.46. The van der Waals surface area contributed by atoms with Crippen LogP contribution >= 0.6 is 0 Å². The van der Waals surface area contributed by atoms with Gasteiger partial charge in [0, 0.05) is 12.1 Å². The summed E-state index contributed by atoms with van der Waals surface area (Å²) in [6.07, 6.45) is 5.28. The molecule has 0 aliphatic heterocycles. The minimum absolute atomic E-state index is 0.0307. The molecule has 2 fully saturated rings. The Kier molecular flexibility index (Phi) is 1.29. The largest absolute Gasteiger partial charge is 0.329 e. The predicted octanol–water partition coefficient (Wildman–Crippen LogP) is 0.463. The molecule has 2 heteroatoms. The second-order valence-electron chi connectivity index (χ2n) is 4.02. The monoisotopic (exact) mass is 140 g/mol. The Morgan fingerprint density at radius 3 is 2.50 bits per heavy atom. The van der Waals surface area contributed by atoms with Gasteiger partial charge in [0.2, 0.25) is 0 Å². The van der Waals surface area contributed by atoms with E-state index in [2.05, 4.69) is 0 Å². The van der Waals surface area contributed by atoms with Crippen molar-refractivity contribution in [2.24, 2.45) is 23.3 Å². The summed E-state index contributed by atoms with van der Waals surface area (Å²) in [7, 11) is 0. The highest BCUT2D eigenvalue weighted by Crippen LogP contribution is 2.48. The summed E-state index contributed by atoms with van der Waals surface area (Å²) in [6.45, 7) is 0.689. The summed E-state index contributed by atoms with van der Waals surface area (Å²) in [5, 5.41) is 0. The Morgan fingerprint density at radius 1 is 1.40 bits per heavy atom. The molecule has 0 radical (unpaired) electrons. The van der Waals surface area contributed by atoms with Crippen LogP contribution in [0.4, 0.5) is 0 Å². The second-order valence-corrected chi connectivity index (χ2v) is 4.02. The standard InChI is InChI=1S/C8H16N2/c9-5-8(10)4-6-1-2-7(8)3-6/h6-7H,1-5,9-10H2/t6-,7+,8?/m1/s1. The van der Waals surface area contributed by atoms with Crippen LogP contribution in [-0.4, -0.2) is 12.1 Å². The van der Waals surface area contributed by atoms with E-state index in [9.17, 15) is 0 Å². The summed E-state index contributed by atoms with van der Waals surface area (Å²) in [4.78, 5) is 0. The van der Waals surface area contributed by atoms with Crippen LogP contribution in [0.3, 0.4) is 0 Å². The highest BCUT2D eigenvalue weighted by Gasteiger charge is 2.47. The lowest BCUT2D eigenvalue weighted by atomic mass is 9.82. The summed E-state index contributed by atoms with van der Waals surface area (Å²) < 4.78 is 0.